The average molecular weight is 524 g/mol. The van der Waals surface area contributed by atoms with Crippen LogP contribution in [0.5, 0.6) is 11.5 Å². The molecule has 0 amide bonds. The van der Waals surface area contributed by atoms with Gasteiger partial charge in [-0.05, 0) is 49.3 Å². The van der Waals surface area contributed by atoms with E-state index in [0.717, 1.165) is 0 Å². The van der Waals surface area contributed by atoms with Crippen molar-refractivity contribution in [1.29, 1.82) is 0 Å². The van der Waals surface area contributed by atoms with Gasteiger partial charge in [-0.3, -0.25) is 14.4 Å². The fourth-order valence-electron chi connectivity index (χ4n) is 3.65. The second-order valence-corrected chi connectivity index (χ2v) is 10.0. The summed E-state index contributed by atoms with van der Waals surface area (Å²) in [4.78, 5) is 48.4. The van der Waals surface area contributed by atoms with Gasteiger partial charge in [0.2, 0.25) is 0 Å². The number of nitrogens with two attached hydrogens (primary N) is 1. The lowest BCUT2D eigenvalue weighted by molar-refractivity contribution is -0.140. The van der Waals surface area contributed by atoms with E-state index in [-0.39, 0.29) is 30.3 Å². The third-order valence-electron chi connectivity index (χ3n) is 6.08. The van der Waals surface area contributed by atoms with Crippen LogP contribution in [0.15, 0.2) is 18.2 Å². The SMILES string of the molecule is COC(=O)OC(C)C(C)C(c1ccc(OC(=O)CCC(C)C)c(OC(=O)CCC(C)C)c1)[C@H](N)C(=O)O. The molecule has 4 atom stereocenters. The van der Waals surface area contributed by atoms with E-state index >= 15 is 0 Å². The maximum Gasteiger partial charge on any atom is 0.508 e. The standard InChI is InChI=1S/C27H41NO9/c1-15(2)8-12-22(29)36-20-11-10-19(14-21(20)37-23(30)13-9-16(3)4)24(25(28)26(31)32)17(5)18(6)35-27(33)34-7/h10-11,14-18,24-25H,8-9,12-13,28H2,1-7H3,(H,31,32)/t17?,18?,24?,25-/m0/s1. The molecular formula is C27H41NO9. The minimum Gasteiger partial charge on any atom is -0.480 e. The quantitative estimate of drug-likeness (QED) is 0.260. The Labute approximate surface area is 218 Å². The van der Waals surface area contributed by atoms with E-state index in [4.69, 9.17) is 19.9 Å². The molecule has 1 rings (SSSR count). The Morgan fingerprint density at radius 1 is 0.865 bits per heavy atom. The van der Waals surface area contributed by atoms with Crippen molar-refractivity contribution in [2.45, 2.75) is 85.3 Å². The summed E-state index contributed by atoms with van der Waals surface area (Å²) in [5.41, 5.74) is 6.46. The smallest absolute Gasteiger partial charge is 0.480 e. The van der Waals surface area contributed by atoms with Crippen LogP contribution in [-0.4, -0.2) is 48.4 Å². The number of methoxy groups -OCH3 is 1. The van der Waals surface area contributed by atoms with Gasteiger partial charge in [-0.1, -0.05) is 40.7 Å². The Bertz CT molecular complexity index is 928. The molecule has 1 aromatic rings. The number of hydrogen-bond acceptors (Lipinski definition) is 9. The van der Waals surface area contributed by atoms with Crippen molar-refractivity contribution in [3.8, 4) is 11.5 Å². The summed E-state index contributed by atoms with van der Waals surface area (Å²) in [5.74, 6) is -3.07. The van der Waals surface area contributed by atoms with Crippen LogP contribution in [0.4, 0.5) is 4.79 Å². The number of carboxylic acid groups (broad SMARTS) is 1. The zero-order valence-corrected chi connectivity index (χ0v) is 22.8. The molecule has 0 aliphatic rings. The lowest BCUT2D eigenvalue weighted by Gasteiger charge is -2.31. The Balaban J connectivity index is 3.41. The molecule has 0 bridgehead atoms. The number of carboxylic acids is 1. The number of benzene rings is 1. The normalized spacial score (nSPS) is 14.4. The van der Waals surface area contributed by atoms with Gasteiger partial charge < -0.3 is 29.8 Å². The van der Waals surface area contributed by atoms with Gasteiger partial charge in [0, 0.05) is 24.7 Å². The van der Waals surface area contributed by atoms with Crippen LogP contribution >= 0.6 is 0 Å². The number of carbonyl (C=O) groups excluding carboxylic acids is 3. The lowest BCUT2D eigenvalue weighted by atomic mass is 9.79. The molecule has 10 heteroatoms. The minimum absolute atomic E-state index is 0.0134. The van der Waals surface area contributed by atoms with Crippen LogP contribution in [0.25, 0.3) is 0 Å². The molecule has 0 saturated heterocycles. The predicted molar refractivity (Wildman–Crippen MR) is 136 cm³/mol. The Morgan fingerprint density at radius 2 is 1.38 bits per heavy atom. The van der Waals surface area contributed by atoms with Gasteiger partial charge in [0.25, 0.3) is 0 Å². The van der Waals surface area contributed by atoms with Gasteiger partial charge in [0.15, 0.2) is 11.5 Å². The van der Waals surface area contributed by atoms with E-state index in [1.807, 2.05) is 27.7 Å². The van der Waals surface area contributed by atoms with E-state index in [1.54, 1.807) is 19.9 Å². The van der Waals surface area contributed by atoms with Gasteiger partial charge in [0.1, 0.15) is 12.1 Å². The van der Waals surface area contributed by atoms with Crippen LogP contribution in [0.2, 0.25) is 0 Å². The molecule has 0 fully saturated rings. The molecule has 0 radical (unpaired) electrons. The van der Waals surface area contributed by atoms with E-state index in [2.05, 4.69) is 4.74 Å². The zero-order chi connectivity index (χ0) is 28.3. The molecule has 0 saturated carbocycles. The predicted octanol–water partition coefficient (Wildman–Crippen LogP) is 4.67. The second kappa shape index (κ2) is 15.2. The van der Waals surface area contributed by atoms with E-state index < -0.39 is 48.0 Å². The van der Waals surface area contributed by atoms with Crippen molar-refractivity contribution < 1.29 is 43.2 Å². The molecule has 3 N–H and O–H groups in total. The van der Waals surface area contributed by atoms with E-state index in [0.29, 0.717) is 24.3 Å². The summed E-state index contributed by atoms with van der Waals surface area (Å²) < 4.78 is 20.8. The highest BCUT2D eigenvalue weighted by Crippen LogP contribution is 2.37. The number of carbonyl (C=O) groups is 4. The van der Waals surface area contributed by atoms with Gasteiger partial charge in [-0.2, -0.15) is 0 Å². The average Bonchev–Trinajstić information content (AvgIpc) is 2.82. The van der Waals surface area contributed by atoms with Crippen molar-refractivity contribution in [2.24, 2.45) is 23.5 Å². The molecule has 0 heterocycles. The van der Waals surface area contributed by atoms with E-state index in [9.17, 15) is 24.3 Å². The van der Waals surface area contributed by atoms with Gasteiger partial charge in [-0.25, -0.2) is 4.79 Å². The topological polar surface area (TPSA) is 151 Å². The molecule has 37 heavy (non-hydrogen) atoms. The molecule has 208 valence electrons. The molecule has 0 aromatic heterocycles. The second-order valence-electron chi connectivity index (χ2n) is 10.0. The molecule has 3 unspecified atom stereocenters. The highest BCUT2D eigenvalue weighted by molar-refractivity contribution is 5.77. The molecular weight excluding hydrogens is 482 g/mol. The van der Waals surface area contributed by atoms with Crippen LogP contribution < -0.4 is 15.2 Å². The molecule has 1 aromatic carbocycles. The third-order valence-corrected chi connectivity index (χ3v) is 6.08. The summed E-state index contributed by atoms with van der Waals surface area (Å²) in [5, 5.41) is 9.67. The Kier molecular flexibility index (Phi) is 13.1. The van der Waals surface area contributed by atoms with Crippen molar-refractivity contribution in [3.63, 3.8) is 0 Å². The zero-order valence-electron chi connectivity index (χ0n) is 22.8. The monoisotopic (exact) mass is 523 g/mol. The number of ether oxygens (including phenoxy) is 4. The highest BCUT2D eigenvalue weighted by Gasteiger charge is 2.36. The van der Waals surface area contributed by atoms with Crippen LogP contribution in [0, 0.1) is 17.8 Å². The van der Waals surface area contributed by atoms with Crippen molar-refractivity contribution in [2.75, 3.05) is 7.11 Å². The van der Waals surface area contributed by atoms with Crippen LogP contribution in [0.1, 0.15) is 78.7 Å². The number of aliphatic carboxylic acids is 1. The van der Waals surface area contributed by atoms with Crippen LogP contribution in [-0.2, 0) is 23.9 Å². The summed E-state index contributed by atoms with van der Waals surface area (Å²) >= 11 is 0. The lowest BCUT2D eigenvalue weighted by Crippen LogP contribution is -2.42. The molecule has 0 aliphatic heterocycles. The number of esters is 2. The largest absolute Gasteiger partial charge is 0.508 e. The van der Waals surface area contributed by atoms with Crippen molar-refractivity contribution >= 4 is 24.1 Å². The molecule has 0 aliphatic carbocycles. The molecule has 0 spiro atoms. The Hall–Kier alpha value is -3.14. The maximum atomic E-state index is 12.5. The highest BCUT2D eigenvalue weighted by atomic mass is 16.7. The van der Waals surface area contributed by atoms with Crippen molar-refractivity contribution in [1.82, 2.24) is 0 Å². The third kappa shape index (κ3) is 10.8. The number of hydrogen-bond donors (Lipinski definition) is 2. The first-order valence-corrected chi connectivity index (χ1v) is 12.5. The minimum atomic E-state index is -1.37. The van der Waals surface area contributed by atoms with Gasteiger partial charge in [-0.15, -0.1) is 0 Å². The fraction of sp³-hybridized carbons (Fsp3) is 0.630. The maximum absolute atomic E-state index is 12.5. The summed E-state index contributed by atoms with van der Waals surface area (Å²) in [6.45, 7) is 11.2. The molecule has 10 nitrogen and oxygen atoms in total. The number of rotatable bonds is 14. The van der Waals surface area contributed by atoms with Crippen LogP contribution in [0.3, 0.4) is 0 Å². The first kappa shape index (κ1) is 31.9. The van der Waals surface area contributed by atoms with Crippen molar-refractivity contribution in [3.05, 3.63) is 23.8 Å². The van der Waals surface area contributed by atoms with E-state index in [1.165, 1.54) is 19.2 Å². The first-order chi connectivity index (χ1) is 17.3. The first-order valence-electron chi connectivity index (χ1n) is 12.5. The summed E-state index contributed by atoms with van der Waals surface area (Å²) in [6, 6.07) is 3.09. The fourth-order valence-corrected chi connectivity index (χ4v) is 3.65. The Morgan fingerprint density at radius 3 is 1.84 bits per heavy atom. The van der Waals surface area contributed by atoms with Gasteiger partial charge >= 0.3 is 24.1 Å². The van der Waals surface area contributed by atoms with Gasteiger partial charge in [0.05, 0.1) is 7.11 Å². The summed E-state index contributed by atoms with van der Waals surface area (Å²) in [7, 11) is 1.17. The summed E-state index contributed by atoms with van der Waals surface area (Å²) in [6.07, 6.45) is -0.0916.